The van der Waals surface area contributed by atoms with Crippen LogP contribution in [0.4, 0.5) is 4.79 Å². The second-order valence-electron chi connectivity index (χ2n) is 10.8. The summed E-state index contributed by atoms with van der Waals surface area (Å²) in [4.78, 5) is 36.4. The molecule has 0 bridgehead atoms. The van der Waals surface area contributed by atoms with Crippen molar-refractivity contribution >= 4 is 35.0 Å². The number of nitrogens with one attached hydrogen (secondary N) is 1. The van der Waals surface area contributed by atoms with Gasteiger partial charge in [-0.15, -0.1) is 0 Å². The minimum atomic E-state index is -0.565. The average molecular weight is 524 g/mol. The first-order valence-corrected chi connectivity index (χ1v) is 13.1. The molecule has 37 heavy (non-hydrogen) atoms. The van der Waals surface area contributed by atoms with Crippen molar-refractivity contribution in [1.82, 2.24) is 5.32 Å². The molecule has 0 spiro atoms. The molecule has 0 radical (unpaired) electrons. The monoisotopic (exact) mass is 523 g/mol. The average Bonchev–Trinajstić information content (AvgIpc) is 3.12. The summed E-state index contributed by atoms with van der Waals surface area (Å²) >= 11 is 0.891. The van der Waals surface area contributed by atoms with Gasteiger partial charge in [-0.25, -0.2) is 4.79 Å². The number of benzene rings is 2. The maximum Gasteiger partial charge on any atom is 0.339 e. The summed E-state index contributed by atoms with van der Waals surface area (Å²) in [5.74, 6) is 0.824. The zero-order valence-corrected chi connectivity index (χ0v) is 23.2. The van der Waals surface area contributed by atoms with E-state index >= 15 is 0 Å². The van der Waals surface area contributed by atoms with Crippen LogP contribution >= 0.6 is 11.8 Å². The number of hydrogen-bond donors (Lipinski definition) is 1. The van der Waals surface area contributed by atoms with Crippen LogP contribution in [0.2, 0.25) is 0 Å². The molecule has 4 rings (SSSR count). The number of rotatable bonds is 5. The number of esters is 1. The van der Waals surface area contributed by atoms with Crippen molar-refractivity contribution in [2.45, 2.75) is 72.5 Å². The lowest BCUT2D eigenvalue weighted by molar-refractivity contribution is -0.115. The predicted octanol–water partition coefficient (Wildman–Crippen LogP) is 6.05. The van der Waals surface area contributed by atoms with E-state index in [0.29, 0.717) is 22.8 Å². The first-order valence-electron chi connectivity index (χ1n) is 12.3. The molecule has 0 aliphatic carbocycles. The van der Waals surface area contributed by atoms with Gasteiger partial charge < -0.3 is 14.2 Å². The molecule has 2 amide bonds. The summed E-state index contributed by atoms with van der Waals surface area (Å²) in [6.45, 7) is 13.9. The number of hydrogen-bond acceptors (Lipinski definition) is 7. The maximum atomic E-state index is 13.0. The first-order chi connectivity index (χ1) is 17.3. The van der Waals surface area contributed by atoms with Crippen molar-refractivity contribution in [2.24, 2.45) is 0 Å². The number of carbonyl (C=O) groups is 3. The molecule has 0 saturated carbocycles. The molecule has 2 heterocycles. The van der Waals surface area contributed by atoms with Gasteiger partial charge in [0.05, 0.1) is 10.5 Å². The highest BCUT2D eigenvalue weighted by molar-refractivity contribution is 8.18. The molecular formula is C29H33NO6S. The largest absolute Gasteiger partial charge is 0.489 e. The van der Waals surface area contributed by atoms with E-state index in [1.807, 2.05) is 72.7 Å². The van der Waals surface area contributed by atoms with Gasteiger partial charge >= 0.3 is 5.97 Å². The van der Waals surface area contributed by atoms with E-state index < -0.39 is 11.2 Å². The number of imide groups is 1. The van der Waals surface area contributed by atoms with Crippen LogP contribution in [-0.4, -0.2) is 34.9 Å². The Morgan fingerprint density at radius 2 is 1.78 bits per heavy atom. The fourth-order valence-electron chi connectivity index (χ4n) is 4.52. The fourth-order valence-corrected chi connectivity index (χ4v) is 5.20. The lowest BCUT2D eigenvalue weighted by Gasteiger charge is -2.38. The van der Waals surface area contributed by atoms with Crippen molar-refractivity contribution in [1.29, 1.82) is 0 Å². The summed E-state index contributed by atoms with van der Waals surface area (Å²) in [5, 5.41) is 1.89. The van der Waals surface area contributed by atoms with Gasteiger partial charge in [-0.05, 0) is 119 Å². The molecule has 1 N–H and O–H groups in total. The van der Waals surface area contributed by atoms with Crippen LogP contribution in [0.15, 0.2) is 29.2 Å². The Kier molecular flexibility index (Phi) is 7.16. The minimum absolute atomic E-state index is 0.303. The zero-order valence-electron chi connectivity index (χ0n) is 22.4. The van der Waals surface area contributed by atoms with Crippen molar-refractivity contribution in [3.8, 4) is 11.5 Å². The van der Waals surface area contributed by atoms with Gasteiger partial charge in [0.2, 0.25) is 0 Å². The van der Waals surface area contributed by atoms with E-state index in [9.17, 15) is 14.4 Å². The molecule has 1 unspecified atom stereocenters. The summed E-state index contributed by atoms with van der Waals surface area (Å²) in [7, 11) is 0. The highest BCUT2D eigenvalue weighted by Gasteiger charge is 2.36. The molecule has 1 saturated heterocycles. The maximum absolute atomic E-state index is 13.0. The molecule has 1 atom stereocenters. The van der Waals surface area contributed by atoms with Crippen LogP contribution < -0.4 is 14.8 Å². The van der Waals surface area contributed by atoms with Crippen LogP contribution in [0, 0.1) is 20.8 Å². The van der Waals surface area contributed by atoms with Crippen LogP contribution in [-0.2, 0) is 16.0 Å². The van der Waals surface area contributed by atoms with Gasteiger partial charge in [0.1, 0.15) is 29.3 Å². The number of fused-ring (bicyclic) bond motifs is 1. The molecule has 2 aromatic carbocycles. The van der Waals surface area contributed by atoms with Crippen molar-refractivity contribution in [3.63, 3.8) is 0 Å². The molecule has 2 aliphatic rings. The van der Waals surface area contributed by atoms with Gasteiger partial charge in [-0.1, -0.05) is 12.1 Å². The minimum Gasteiger partial charge on any atom is -0.489 e. The number of carbonyl (C=O) groups excluding carboxylic acids is 3. The van der Waals surface area contributed by atoms with Crippen molar-refractivity contribution in [3.05, 3.63) is 62.6 Å². The Labute approximate surface area is 221 Å². The predicted molar refractivity (Wildman–Crippen MR) is 144 cm³/mol. The smallest absolute Gasteiger partial charge is 0.339 e. The highest BCUT2D eigenvalue weighted by Crippen LogP contribution is 2.41. The standard InChI is InChI=1S/C29H33NO6S/c1-16-17(2)24-21(18(3)23(16)26(32)36-28(4,5)6)12-13-29(7,35-24)15-34-20-10-8-19(9-11-20)14-22-25(31)30-27(33)37-22/h8-11,14H,12-13,15H2,1-7H3,(H,30,31,33). The molecule has 1 fully saturated rings. The second kappa shape index (κ2) is 9.89. The van der Waals surface area contributed by atoms with Gasteiger partial charge in [-0.2, -0.15) is 0 Å². The number of ether oxygens (including phenoxy) is 3. The normalized spacial score (nSPS) is 20.4. The third-order valence-corrected chi connectivity index (χ3v) is 7.41. The molecule has 2 aliphatic heterocycles. The lowest BCUT2D eigenvalue weighted by Crippen LogP contribution is -2.42. The fraction of sp³-hybridized carbons (Fsp3) is 0.414. The van der Waals surface area contributed by atoms with Crippen molar-refractivity contribution < 1.29 is 28.6 Å². The molecule has 196 valence electrons. The molecule has 0 aromatic heterocycles. The van der Waals surface area contributed by atoms with E-state index in [1.54, 1.807) is 6.08 Å². The van der Waals surface area contributed by atoms with E-state index in [-0.39, 0.29) is 17.1 Å². The van der Waals surface area contributed by atoms with E-state index in [0.717, 1.165) is 58.2 Å². The zero-order chi connectivity index (χ0) is 27.1. The third-order valence-electron chi connectivity index (χ3n) is 6.60. The summed E-state index contributed by atoms with van der Waals surface area (Å²) in [6.07, 6.45) is 3.18. The van der Waals surface area contributed by atoms with Crippen molar-refractivity contribution in [2.75, 3.05) is 6.61 Å². The Morgan fingerprint density at radius 3 is 2.38 bits per heavy atom. The SMILES string of the molecule is Cc1c(C)c(C(=O)OC(C)(C)C)c(C)c2c1OC(C)(COc1ccc(C=C3SC(=O)NC3=O)cc1)CC2. The summed E-state index contributed by atoms with van der Waals surface area (Å²) in [5.41, 5.74) is 4.10. The van der Waals surface area contributed by atoms with Crippen LogP contribution in [0.25, 0.3) is 6.08 Å². The van der Waals surface area contributed by atoms with E-state index in [2.05, 4.69) is 5.32 Å². The first kappa shape index (κ1) is 26.8. The Bertz CT molecular complexity index is 1310. The Morgan fingerprint density at radius 1 is 1.11 bits per heavy atom. The Balaban J connectivity index is 1.47. The summed E-state index contributed by atoms with van der Waals surface area (Å²) < 4.78 is 18.3. The van der Waals surface area contributed by atoms with Crippen LogP contribution in [0.5, 0.6) is 11.5 Å². The number of thioether (sulfide) groups is 1. The molecular weight excluding hydrogens is 490 g/mol. The summed E-state index contributed by atoms with van der Waals surface area (Å²) in [6, 6.07) is 7.35. The second-order valence-corrected chi connectivity index (χ2v) is 11.8. The topological polar surface area (TPSA) is 90.9 Å². The van der Waals surface area contributed by atoms with Crippen LogP contribution in [0.1, 0.15) is 72.3 Å². The van der Waals surface area contributed by atoms with E-state index in [1.165, 1.54) is 0 Å². The highest BCUT2D eigenvalue weighted by atomic mass is 32.2. The Hall–Kier alpha value is -3.26. The van der Waals surface area contributed by atoms with Gasteiger partial charge in [-0.3, -0.25) is 14.9 Å². The lowest BCUT2D eigenvalue weighted by atomic mass is 9.85. The molecule has 7 nitrogen and oxygen atoms in total. The molecule has 8 heteroatoms. The number of amides is 2. The van der Waals surface area contributed by atoms with Gasteiger partial charge in [0.25, 0.3) is 11.1 Å². The van der Waals surface area contributed by atoms with Crippen LogP contribution in [0.3, 0.4) is 0 Å². The van der Waals surface area contributed by atoms with Gasteiger partial charge in [0, 0.05) is 0 Å². The van der Waals surface area contributed by atoms with E-state index in [4.69, 9.17) is 14.2 Å². The quantitative estimate of drug-likeness (QED) is 0.377. The molecule has 2 aromatic rings. The third kappa shape index (κ3) is 5.85. The van der Waals surface area contributed by atoms with Gasteiger partial charge in [0.15, 0.2) is 0 Å².